The van der Waals surface area contributed by atoms with Crippen molar-refractivity contribution in [1.82, 2.24) is 15.1 Å². The number of carbonyl (C=O) groups excluding carboxylic acids is 2. The summed E-state index contributed by atoms with van der Waals surface area (Å²) in [7, 11) is 0. The Morgan fingerprint density at radius 2 is 1.72 bits per heavy atom. The first-order valence-corrected chi connectivity index (χ1v) is 8.70. The van der Waals surface area contributed by atoms with E-state index in [-0.39, 0.29) is 30.0 Å². The van der Waals surface area contributed by atoms with Crippen molar-refractivity contribution in [3.8, 4) is 5.75 Å². The summed E-state index contributed by atoms with van der Waals surface area (Å²) in [5.41, 5.74) is 0.571. The molecule has 1 aromatic rings. The van der Waals surface area contributed by atoms with E-state index in [1.807, 2.05) is 4.90 Å². The van der Waals surface area contributed by atoms with Crippen molar-refractivity contribution in [2.45, 2.75) is 19.3 Å². The molecule has 2 N–H and O–H groups in total. The Morgan fingerprint density at radius 1 is 1.08 bits per heavy atom. The molecule has 2 heterocycles. The highest BCUT2D eigenvalue weighted by Crippen LogP contribution is 2.17. The lowest BCUT2D eigenvalue weighted by Gasteiger charge is -2.35. The molecular weight excluding hydrogens is 342 g/mol. The number of piperazine rings is 1. The van der Waals surface area contributed by atoms with Crippen LogP contribution in [0.4, 0.5) is 0 Å². The van der Waals surface area contributed by atoms with Crippen LogP contribution in [0, 0.1) is 5.92 Å². The first kappa shape index (κ1) is 19.5. The molecule has 25 heavy (non-hydrogen) atoms. The van der Waals surface area contributed by atoms with Gasteiger partial charge in [0.25, 0.3) is 5.91 Å². The molecule has 0 aliphatic carbocycles. The van der Waals surface area contributed by atoms with E-state index in [1.54, 1.807) is 17.0 Å². The third-order valence-corrected chi connectivity index (χ3v) is 4.96. The van der Waals surface area contributed by atoms with E-state index in [0.717, 1.165) is 19.5 Å². The fraction of sp³-hybridized carbons (Fsp3) is 0.556. The van der Waals surface area contributed by atoms with Crippen LogP contribution in [0.1, 0.15) is 29.6 Å². The lowest BCUT2D eigenvalue weighted by molar-refractivity contribution is -0.132. The van der Waals surface area contributed by atoms with Gasteiger partial charge in [-0.3, -0.25) is 9.59 Å². The lowest BCUT2D eigenvalue weighted by atomic mass is 10.0. The van der Waals surface area contributed by atoms with Crippen molar-refractivity contribution < 1.29 is 14.7 Å². The van der Waals surface area contributed by atoms with Crippen LogP contribution in [0.2, 0.25) is 0 Å². The normalized spacial score (nSPS) is 20.2. The van der Waals surface area contributed by atoms with E-state index < -0.39 is 0 Å². The number of benzene rings is 1. The zero-order chi connectivity index (χ0) is 16.9. The topological polar surface area (TPSA) is 72.9 Å². The van der Waals surface area contributed by atoms with Crippen LogP contribution in [0.5, 0.6) is 5.75 Å². The second kappa shape index (κ2) is 9.06. The summed E-state index contributed by atoms with van der Waals surface area (Å²) < 4.78 is 0. The molecule has 1 unspecified atom stereocenters. The number of hydrogen-bond donors (Lipinski definition) is 2. The van der Waals surface area contributed by atoms with Gasteiger partial charge in [0, 0.05) is 38.2 Å². The first-order valence-electron chi connectivity index (χ1n) is 8.70. The molecule has 7 heteroatoms. The Morgan fingerprint density at radius 3 is 2.32 bits per heavy atom. The average Bonchev–Trinajstić information content (AvgIpc) is 3.13. The fourth-order valence-electron chi connectivity index (χ4n) is 3.39. The van der Waals surface area contributed by atoms with Crippen molar-refractivity contribution in [3.63, 3.8) is 0 Å². The zero-order valence-corrected chi connectivity index (χ0v) is 15.1. The molecule has 0 bridgehead atoms. The summed E-state index contributed by atoms with van der Waals surface area (Å²) >= 11 is 0. The van der Waals surface area contributed by atoms with Gasteiger partial charge in [0.2, 0.25) is 5.91 Å². The Hall–Kier alpha value is -1.79. The molecule has 2 amide bonds. The molecule has 2 fully saturated rings. The van der Waals surface area contributed by atoms with Crippen LogP contribution >= 0.6 is 12.4 Å². The summed E-state index contributed by atoms with van der Waals surface area (Å²) in [6.07, 6.45) is 2.74. The van der Waals surface area contributed by atoms with E-state index in [2.05, 4.69) is 5.32 Å². The van der Waals surface area contributed by atoms with Crippen LogP contribution in [0.25, 0.3) is 0 Å². The molecule has 3 rings (SSSR count). The Balaban J connectivity index is 0.00000225. The van der Waals surface area contributed by atoms with Gasteiger partial charge in [-0.1, -0.05) is 0 Å². The van der Waals surface area contributed by atoms with Crippen LogP contribution in [0.15, 0.2) is 24.3 Å². The van der Waals surface area contributed by atoms with Crippen molar-refractivity contribution in [2.75, 3.05) is 39.3 Å². The maximum absolute atomic E-state index is 12.4. The van der Waals surface area contributed by atoms with Crippen LogP contribution in [-0.4, -0.2) is 66.0 Å². The second-order valence-electron chi connectivity index (χ2n) is 6.62. The predicted molar refractivity (Wildman–Crippen MR) is 98.0 cm³/mol. The van der Waals surface area contributed by atoms with Gasteiger partial charge in [-0.2, -0.15) is 0 Å². The van der Waals surface area contributed by atoms with Crippen LogP contribution in [-0.2, 0) is 4.79 Å². The monoisotopic (exact) mass is 367 g/mol. The molecule has 2 saturated heterocycles. The Labute approximate surface area is 154 Å². The minimum atomic E-state index is -0.0425. The molecule has 6 nitrogen and oxygen atoms in total. The molecular formula is C18H26ClN3O3. The third kappa shape index (κ3) is 5.09. The number of nitrogens with one attached hydrogen (secondary N) is 1. The lowest BCUT2D eigenvalue weighted by Crippen LogP contribution is -2.50. The number of rotatable bonds is 4. The number of hydrogen-bond acceptors (Lipinski definition) is 4. The zero-order valence-electron chi connectivity index (χ0n) is 14.3. The second-order valence-corrected chi connectivity index (χ2v) is 6.62. The van der Waals surface area contributed by atoms with Crippen LogP contribution in [0.3, 0.4) is 0 Å². The Bertz CT molecular complexity index is 580. The van der Waals surface area contributed by atoms with Gasteiger partial charge < -0.3 is 20.2 Å². The minimum Gasteiger partial charge on any atom is -0.508 e. The van der Waals surface area contributed by atoms with E-state index in [1.165, 1.54) is 18.6 Å². The maximum atomic E-state index is 12.4. The van der Waals surface area contributed by atoms with Gasteiger partial charge in [0.05, 0.1) is 0 Å². The highest BCUT2D eigenvalue weighted by molar-refractivity contribution is 5.94. The summed E-state index contributed by atoms with van der Waals surface area (Å²) in [5.74, 6) is 0.948. The first-order chi connectivity index (χ1) is 11.6. The molecule has 0 aromatic heterocycles. The molecule has 0 saturated carbocycles. The number of aromatic hydroxyl groups is 1. The molecule has 138 valence electrons. The summed E-state index contributed by atoms with van der Waals surface area (Å²) in [4.78, 5) is 28.4. The standard InChI is InChI=1S/C18H25N3O3.ClH/c22-16-4-2-15(3-5-16)18(24)21-11-9-20(10-12-21)17(23)6-1-14-7-8-19-13-14;/h2-5,14,19,22H,1,6-13H2;1H. The van der Waals surface area contributed by atoms with Gasteiger partial charge >= 0.3 is 0 Å². The van der Waals surface area contributed by atoms with E-state index >= 15 is 0 Å². The maximum Gasteiger partial charge on any atom is 0.253 e. The molecule has 1 aromatic carbocycles. The highest BCUT2D eigenvalue weighted by atomic mass is 35.5. The smallest absolute Gasteiger partial charge is 0.253 e. The summed E-state index contributed by atoms with van der Waals surface area (Å²) in [5, 5.41) is 12.6. The van der Waals surface area contributed by atoms with E-state index in [9.17, 15) is 14.7 Å². The van der Waals surface area contributed by atoms with Crippen molar-refractivity contribution >= 4 is 24.2 Å². The van der Waals surface area contributed by atoms with Crippen molar-refractivity contribution in [1.29, 1.82) is 0 Å². The molecule has 2 aliphatic rings. The van der Waals surface area contributed by atoms with Gasteiger partial charge in [-0.25, -0.2) is 0 Å². The van der Waals surface area contributed by atoms with Crippen molar-refractivity contribution in [3.05, 3.63) is 29.8 Å². The average molecular weight is 368 g/mol. The van der Waals surface area contributed by atoms with Crippen molar-refractivity contribution in [2.24, 2.45) is 5.92 Å². The molecule has 0 radical (unpaired) electrons. The number of carbonyl (C=O) groups is 2. The van der Waals surface area contributed by atoms with Gasteiger partial charge in [0.1, 0.15) is 5.75 Å². The summed E-state index contributed by atoms with van der Waals surface area (Å²) in [6, 6.07) is 6.30. The number of phenols is 1. The number of amides is 2. The number of halogens is 1. The minimum absolute atomic E-state index is 0. The quantitative estimate of drug-likeness (QED) is 0.845. The molecule has 0 spiro atoms. The summed E-state index contributed by atoms with van der Waals surface area (Å²) in [6.45, 7) is 4.43. The van der Waals surface area contributed by atoms with Gasteiger partial charge in [-0.05, 0) is 56.1 Å². The largest absolute Gasteiger partial charge is 0.508 e. The van der Waals surface area contributed by atoms with E-state index in [0.29, 0.717) is 44.1 Å². The van der Waals surface area contributed by atoms with Gasteiger partial charge in [-0.15, -0.1) is 12.4 Å². The Kier molecular flexibility index (Phi) is 7.08. The SMILES string of the molecule is Cl.O=C(CCC1CCNC1)N1CCN(C(=O)c2ccc(O)cc2)CC1. The molecule has 1 atom stereocenters. The number of nitrogens with zero attached hydrogens (tertiary/aromatic N) is 2. The molecule has 2 aliphatic heterocycles. The number of phenolic OH excluding ortho intramolecular Hbond substituents is 1. The third-order valence-electron chi connectivity index (χ3n) is 4.96. The van der Waals surface area contributed by atoms with Gasteiger partial charge in [0.15, 0.2) is 0 Å². The fourth-order valence-corrected chi connectivity index (χ4v) is 3.39. The highest BCUT2D eigenvalue weighted by Gasteiger charge is 2.25. The van der Waals surface area contributed by atoms with Crippen LogP contribution < -0.4 is 5.32 Å². The predicted octanol–water partition coefficient (Wildman–Crippen LogP) is 1.49. The van der Waals surface area contributed by atoms with E-state index in [4.69, 9.17) is 0 Å².